The fraction of sp³-hybridized carbons (Fsp3) is 0.391. The summed E-state index contributed by atoms with van der Waals surface area (Å²) in [5, 5.41) is 0. The van der Waals surface area contributed by atoms with Gasteiger partial charge in [0.15, 0.2) is 11.5 Å². The smallest absolute Gasteiger partial charge is 0.162 e. The lowest BCUT2D eigenvalue weighted by Crippen LogP contribution is -2.26. The summed E-state index contributed by atoms with van der Waals surface area (Å²) in [6, 6.07) is 13.8. The van der Waals surface area contributed by atoms with Gasteiger partial charge in [0.1, 0.15) is 5.75 Å². The average molecular weight is 348 g/mol. The molecule has 0 N–H and O–H groups in total. The molecule has 0 aromatic heterocycles. The van der Waals surface area contributed by atoms with E-state index in [4.69, 9.17) is 14.2 Å². The summed E-state index contributed by atoms with van der Waals surface area (Å²) in [7, 11) is 0. The molecule has 3 nitrogen and oxygen atoms in total. The van der Waals surface area contributed by atoms with Gasteiger partial charge in [-0.2, -0.15) is 0 Å². The van der Waals surface area contributed by atoms with Crippen molar-refractivity contribution in [3.05, 3.63) is 53.6 Å². The quantitative estimate of drug-likeness (QED) is 0.754. The Labute approximate surface area is 155 Å². The lowest BCUT2D eigenvalue weighted by Gasteiger charge is -2.19. The second-order valence-corrected chi connectivity index (χ2v) is 7.93. The first kappa shape index (κ1) is 16.8. The summed E-state index contributed by atoms with van der Waals surface area (Å²) in [6.45, 7) is 6.40. The van der Waals surface area contributed by atoms with Crippen molar-refractivity contribution < 1.29 is 14.2 Å². The van der Waals surface area contributed by atoms with Gasteiger partial charge in [-0.05, 0) is 61.2 Å². The average Bonchev–Trinajstić information content (AvgIpc) is 3.48. The molecule has 4 rings (SSSR count). The fourth-order valence-corrected chi connectivity index (χ4v) is 2.68. The van der Waals surface area contributed by atoms with Crippen LogP contribution in [0.15, 0.2) is 42.5 Å². The molecule has 3 heteroatoms. The molecule has 0 amide bonds. The molecule has 134 valence electrons. The maximum atomic E-state index is 5.91. The first-order valence-corrected chi connectivity index (χ1v) is 9.22. The number of rotatable bonds is 3. The van der Waals surface area contributed by atoms with Crippen molar-refractivity contribution in [1.82, 2.24) is 0 Å². The Morgan fingerprint density at radius 2 is 1.58 bits per heavy atom. The minimum atomic E-state index is 0.00812. The largest absolute Gasteiger partial charge is 0.493 e. The highest BCUT2D eigenvalue weighted by molar-refractivity contribution is 5.51. The first-order valence-electron chi connectivity index (χ1n) is 9.22. The SMILES string of the molecule is CC1(C)COc2ccc(C#Cc3ccc(OCC4CC4)cc3)cc2OC1. The predicted molar refractivity (Wildman–Crippen MR) is 102 cm³/mol. The van der Waals surface area contributed by atoms with Gasteiger partial charge in [-0.3, -0.25) is 0 Å². The summed E-state index contributed by atoms with van der Waals surface area (Å²) in [4.78, 5) is 0. The molecular formula is C23H24O3. The Kier molecular flexibility index (Phi) is 4.51. The molecule has 0 radical (unpaired) electrons. The van der Waals surface area contributed by atoms with Crippen LogP contribution in [0.2, 0.25) is 0 Å². The van der Waals surface area contributed by atoms with E-state index in [0.717, 1.165) is 40.9 Å². The molecular weight excluding hydrogens is 324 g/mol. The van der Waals surface area contributed by atoms with Crippen LogP contribution in [0.1, 0.15) is 37.8 Å². The topological polar surface area (TPSA) is 27.7 Å². The van der Waals surface area contributed by atoms with Gasteiger partial charge >= 0.3 is 0 Å². The lowest BCUT2D eigenvalue weighted by atomic mass is 9.97. The summed E-state index contributed by atoms with van der Waals surface area (Å²) >= 11 is 0. The molecule has 0 spiro atoms. The van der Waals surface area contributed by atoms with E-state index in [1.165, 1.54) is 12.8 Å². The molecule has 0 bridgehead atoms. The molecule has 26 heavy (non-hydrogen) atoms. The van der Waals surface area contributed by atoms with Crippen LogP contribution < -0.4 is 14.2 Å². The number of ether oxygens (including phenoxy) is 3. The van der Waals surface area contributed by atoms with E-state index in [1.807, 2.05) is 42.5 Å². The second kappa shape index (κ2) is 6.96. The highest BCUT2D eigenvalue weighted by Crippen LogP contribution is 2.34. The van der Waals surface area contributed by atoms with Crippen molar-refractivity contribution in [3.8, 4) is 29.1 Å². The molecule has 1 saturated carbocycles. The van der Waals surface area contributed by atoms with Gasteiger partial charge in [-0.25, -0.2) is 0 Å². The minimum absolute atomic E-state index is 0.00812. The summed E-state index contributed by atoms with van der Waals surface area (Å²) in [5.74, 6) is 9.65. The monoisotopic (exact) mass is 348 g/mol. The van der Waals surface area contributed by atoms with Crippen molar-refractivity contribution in [2.24, 2.45) is 11.3 Å². The van der Waals surface area contributed by atoms with E-state index in [1.54, 1.807) is 0 Å². The molecule has 0 unspecified atom stereocenters. The van der Waals surface area contributed by atoms with E-state index in [0.29, 0.717) is 13.2 Å². The van der Waals surface area contributed by atoms with Gasteiger partial charge in [-0.1, -0.05) is 25.7 Å². The van der Waals surface area contributed by atoms with E-state index in [2.05, 4.69) is 25.7 Å². The molecule has 0 saturated heterocycles. The molecule has 0 atom stereocenters. The maximum absolute atomic E-state index is 5.91. The van der Waals surface area contributed by atoms with Gasteiger partial charge in [0.2, 0.25) is 0 Å². The Balaban J connectivity index is 1.44. The first-order chi connectivity index (χ1) is 12.6. The van der Waals surface area contributed by atoms with Gasteiger partial charge in [0, 0.05) is 16.5 Å². The molecule has 1 aliphatic carbocycles. The van der Waals surface area contributed by atoms with Gasteiger partial charge in [0.05, 0.1) is 19.8 Å². The normalized spacial score (nSPS) is 17.6. The van der Waals surface area contributed by atoms with E-state index >= 15 is 0 Å². The number of hydrogen-bond donors (Lipinski definition) is 0. The van der Waals surface area contributed by atoms with Crippen LogP contribution in [0, 0.1) is 23.2 Å². The van der Waals surface area contributed by atoms with Gasteiger partial charge < -0.3 is 14.2 Å². The third-order valence-corrected chi connectivity index (χ3v) is 4.57. The highest BCUT2D eigenvalue weighted by Gasteiger charge is 2.25. The van der Waals surface area contributed by atoms with Crippen molar-refractivity contribution in [2.45, 2.75) is 26.7 Å². The van der Waals surface area contributed by atoms with Gasteiger partial charge in [-0.15, -0.1) is 0 Å². The second-order valence-electron chi connectivity index (χ2n) is 7.93. The van der Waals surface area contributed by atoms with Crippen molar-refractivity contribution in [2.75, 3.05) is 19.8 Å². The van der Waals surface area contributed by atoms with Crippen LogP contribution in [0.3, 0.4) is 0 Å². The van der Waals surface area contributed by atoms with Crippen LogP contribution in [0.5, 0.6) is 17.2 Å². The third-order valence-electron chi connectivity index (χ3n) is 4.57. The van der Waals surface area contributed by atoms with Crippen LogP contribution >= 0.6 is 0 Å². The fourth-order valence-electron chi connectivity index (χ4n) is 2.68. The summed E-state index contributed by atoms with van der Waals surface area (Å²) in [5.41, 5.74) is 1.90. The number of benzene rings is 2. The summed E-state index contributed by atoms with van der Waals surface area (Å²) < 4.78 is 17.5. The predicted octanol–water partition coefficient (Wildman–Crippen LogP) is 4.67. The Morgan fingerprint density at radius 3 is 2.31 bits per heavy atom. The highest BCUT2D eigenvalue weighted by atomic mass is 16.5. The molecule has 1 heterocycles. The minimum Gasteiger partial charge on any atom is -0.493 e. The van der Waals surface area contributed by atoms with Crippen LogP contribution in [-0.4, -0.2) is 19.8 Å². The van der Waals surface area contributed by atoms with E-state index in [9.17, 15) is 0 Å². The standard InChI is InChI=1S/C23H24O3/c1-23(2)15-25-21-12-9-18(13-22(21)26-16-23)4-3-17-7-10-20(11-8-17)24-14-19-5-6-19/h7-13,19H,5-6,14-16H2,1-2H3. The third kappa shape index (κ3) is 4.32. The number of hydrogen-bond acceptors (Lipinski definition) is 3. The zero-order chi connectivity index (χ0) is 18.0. The molecule has 2 aliphatic rings. The number of fused-ring (bicyclic) bond motifs is 1. The molecule has 2 aromatic rings. The maximum Gasteiger partial charge on any atom is 0.162 e. The van der Waals surface area contributed by atoms with Crippen molar-refractivity contribution >= 4 is 0 Å². The van der Waals surface area contributed by atoms with Crippen molar-refractivity contribution in [3.63, 3.8) is 0 Å². The molecule has 1 aliphatic heterocycles. The Morgan fingerprint density at radius 1 is 0.923 bits per heavy atom. The Bertz CT molecular complexity index is 836. The van der Waals surface area contributed by atoms with E-state index in [-0.39, 0.29) is 5.41 Å². The molecule has 1 fully saturated rings. The van der Waals surface area contributed by atoms with Crippen LogP contribution in [0.25, 0.3) is 0 Å². The zero-order valence-corrected chi connectivity index (χ0v) is 15.4. The van der Waals surface area contributed by atoms with Crippen molar-refractivity contribution in [1.29, 1.82) is 0 Å². The van der Waals surface area contributed by atoms with E-state index < -0.39 is 0 Å². The zero-order valence-electron chi connectivity index (χ0n) is 15.4. The Hall–Kier alpha value is -2.60. The van der Waals surface area contributed by atoms with Crippen LogP contribution in [0.4, 0.5) is 0 Å². The summed E-state index contributed by atoms with van der Waals surface area (Å²) in [6.07, 6.45) is 2.60. The lowest BCUT2D eigenvalue weighted by molar-refractivity contribution is 0.140. The van der Waals surface area contributed by atoms with Gasteiger partial charge in [0.25, 0.3) is 0 Å². The molecule has 2 aromatic carbocycles. The van der Waals surface area contributed by atoms with Crippen LogP contribution in [-0.2, 0) is 0 Å².